The molecule has 4 heterocycles. The molecule has 2 atom stereocenters. The fraction of sp³-hybridized carbons (Fsp3) is 0.472. The van der Waals surface area contributed by atoms with Crippen LogP contribution in [-0.4, -0.2) is 47.2 Å². The molecule has 0 fully saturated rings. The average molecular weight is 684 g/mol. The van der Waals surface area contributed by atoms with Gasteiger partial charge < -0.3 is 29.2 Å². The molecule has 0 radical (unpaired) electrons. The van der Waals surface area contributed by atoms with Crippen molar-refractivity contribution >= 4 is 40.5 Å². The molecule has 2 unspecified atom stereocenters. The second-order valence-electron chi connectivity index (χ2n) is 14.1. The molecular formula is C36H44Cl2N4O5. The standard InChI is InChI=1S/C18H21ClN2O3.C18H23ClN2O2/c1-10-16-13-6-5-12(19)8-14(13)20-9-11(17(16)24-21-10)7-15(22)23-18(2,3)4;1-11-16-14-6-5-13(19)9-15(14)20-10-12(17(16)23-21-11)7-8-22-18(2,3)4/h5-6,8,11,20H,7,9H2,1-4H3;5-6,9,12,20H,7-8,10H2,1-4H3. The first-order valence-corrected chi connectivity index (χ1v) is 16.7. The number of nitrogens with zero attached hydrogens (tertiary/aromatic N) is 2. The van der Waals surface area contributed by atoms with Gasteiger partial charge in [0.2, 0.25) is 0 Å². The van der Waals surface area contributed by atoms with Crippen LogP contribution in [0.3, 0.4) is 0 Å². The summed E-state index contributed by atoms with van der Waals surface area (Å²) in [5.74, 6) is 1.47. The molecule has 2 N–H and O–H groups in total. The number of aromatic nitrogens is 2. The monoisotopic (exact) mass is 682 g/mol. The lowest BCUT2D eigenvalue weighted by Gasteiger charge is -2.21. The highest BCUT2D eigenvalue weighted by Gasteiger charge is 2.32. The Hall–Kier alpha value is -3.53. The van der Waals surface area contributed by atoms with Gasteiger partial charge in [-0.15, -0.1) is 0 Å². The number of halogens is 2. The molecule has 0 saturated carbocycles. The number of aryl methyl sites for hydroxylation is 2. The van der Waals surface area contributed by atoms with Gasteiger partial charge in [-0.25, -0.2) is 0 Å². The van der Waals surface area contributed by atoms with Crippen LogP contribution in [0.2, 0.25) is 10.0 Å². The molecule has 0 spiro atoms. The van der Waals surface area contributed by atoms with Gasteiger partial charge in [-0.2, -0.15) is 0 Å². The lowest BCUT2D eigenvalue weighted by atomic mass is 9.95. The van der Waals surface area contributed by atoms with Crippen LogP contribution < -0.4 is 10.6 Å². The molecule has 2 aliphatic rings. The number of carbonyl (C=O) groups excluding carboxylic acids is 1. The zero-order chi connectivity index (χ0) is 34.1. The predicted molar refractivity (Wildman–Crippen MR) is 187 cm³/mol. The molecule has 0 saturated heterocycles. The maximum atomic E-state index is 12.2. The largest absolute Gasteiger partial charge is 0.460 e. The van der Waals surface area contributed by atoms with Gasteiger partial charge in [0, 0.05) is 75.2 Å². The van der Waals surface area contributed by atoms with Crippen LogP contribution in [-0.2, 0) is 14.3 Å². The number of hydrogen-bond acceptors (Lipinski definition) is 9. The van der Waals surface area contributed by atoms with Gasteiger partial charge in [-0.3, -0.25) is 4.79 Å². The Morgan fingerprint density at radius 2 is 1.30 bits per heavy atom. The molecule has 0 amide bonds. The molecule has 6 rings (SSSR count). The molecule has 2 aliphatic heterocycles. The van der Waals surface area contributed by atoms with Crippen molar-refractivity contribution in [3.63, 3.8) is 0 Å². The maximum Gasteiger partial charge on any atom is 0.307 e. The molecule has 2 aromatic carbocycles. The van der Waals surface area contributed by atoms with E-state index >= 15 is 0 Å². The van der Waals surface area contributed by atoms with Gasteiger partial charge in [-0.1, -0.05) is 45.6 Å². The van der Waals surface area contributed by atoms with Crippen LogP contribution in [0.4, 0.5) is 11.4 Å². The van der Waals surface area contributed by atoms with Crippen molar-refractivity contribution < 1.29 is 23.3 Å². The number of ether oxygens (including phenoxy) is 2. The van der Waals surface area contributed by atoms with Crippen LogP contribution in [0, 0.1) is 13.8 Å². The van der Waals surface area contributed by atoms with E-state index in [1.54, 1.807) is 0 Å². The molecule has 11 heteroatoms. The minimum Gasteiger partial charge on any atom is -0.460 e. The van der Waals surface area contributed by atoms with Crippen molar-refractivity contribution in [3.8, 4) is 22.3 Å². The lowest BCUT2D eigenvalue weighted by Crippen LogP contribution is -2.26. The van der Waals surface area contributed by atoms with E-state index in [2.05, 4.69) is 41.7 Å². The van der Waals surface area contributed by atoms with E-state index in [1.165, 1.54) is 0 Å². The summed E-state index contributed by atoms with van der Waals surface area (Å²) >= 11 is 12.3. The molecule has 0 aliphatic carbocycles. The minimum absolute atomic E-state index is 0.130. The Labute approximate surface area is 286 Å². The lowest BCUT2D eigenvalue weighted by molar-refractivity contribution is -0.155. The second-order valence-corrected chi connectivity index (χ2v) is 15.0. The van der Waals surface area contributed by atoms with Crippen molar-refractivity contribution in [1.29, 1.82) is 0 Å². The van der Waals surface area contributed by atoms with Crippen molar-refractivity contribution in [2.24, 2.45) is 0 Å². The van der Waals surface area contributed by atoms with Crippen LogP contribution in [0.15, 0.2) is 45.4 Å². The molecule has 47 heavy (non-hydrogen) atoms. The summed E-state index contributed by atoms with van der Waals surface area (Å²) in [6, 6.07) is 11.6. The molecular weight excluding hydrogens is 639 g/mol. The van der Waals surface area contributed by atoms with E-state index in [4.69, 9.17) is 41.7 Å². The van der Waals surface area contributed by atoms with Gasteiger partial charge in [-0.05, 0) is 86.1 Å². The van der Waals surface area contributed by atoms with Gasteiger partial charge in [0.15, 0.2) is 0 Å². The van der Waals surface area contributed by atoms with Gasteiger partial charge in [0.1, 0.15) is 17.1 Å². The van der Waals surface area contributed by atoms with Gasteiger partial charge in [0.25, 0.3) is 0 Å². The first-order valence-electron chi connectivity index (χ1n) is 16.0. The van der Waals surface area contributed by atoms with E-state index in [0.29, 0.717) is 23.9 Å². The van der Waals surface area contributed by atoms with E-state index in [9.17, 15) is 4.79 Å². The molecule has 2 aromatic heterocycles. The topological polar surface area (TPSA) is 112 Å². The van der Waals surface area contributed by atoms with E-state index < -0.39 is 5.60 Å². The van der Waals surface area contributed by atoms with Gasteiger partial charge >= 0.3 is 5.97 Å². The second kappa shape index (κ2) is 13.9. The first-order chi connectivity index (χ1) is 22.1. The number of esters is 1. The number of fused-ring (bicyclic) bond motifs is 6. The fourth-order valence-electron chi connectivity index (χ4n) is 5.89. The smallest absolute Gasteiger partial charge is 0.307 e. The predicted octanol–water partition coefficient (Wildman–Crippen LogP) is 9.56. The Kier molecular flexibility index (Phi) is 10.3. The maximum absolute atomic E-state index is 12.2. The number of hydrogen-bond donors (Lipinski definition) is 2. The summed E-state index contributed by atoms with van der Waals surface area (Å²) in [5, 5.41) is 16.5. The van der Waals surface area contributed by atoms with Crippen molar-refractivity contribution in [2.75, 3.05) is 30.3 Å². The van der Waals surface area contributed by atoms with Crippen molar-refractivity contribution in [1.82, 2.24) is 10.3 Å². The Morgan fingerprint density at radius 1 is 0.809 bits per heavy atom. The van der Waals surface area contributed by atoms with E-state index in [-0.39, 0.29) is 29.8 Å². The number of benzene rings is 2. The summed E-state index contributed by atoms with van der Waals surface area (Å²) in [5.41, 5.74) is 7.12. The highest BCUT2D eigenvalue weighted by Crippen LogP contribution is 2.43. The molecule has 0 bridgehead atoms. The van der Waals surface area contributed by atoms with Crippen LogP contribution in [0.25, 0.3) is 22.3 Å². The molecule has 4 aromatic rings. The quantitative estimate of drug-likeness (QED) is 0.199. The highest BCUT2D eigenvalue weighted by molar-refractivity contribution is 6.31. The zero-order valence-corrected chi connectivity index (χ0v) is 29.9. The van der Waals surface area contributed by atoms with E-state index in [1.807, 2.05) is 71.0 Å². The number of carbonyl (C=O) groups is 1. The molecule has 252 valence electrons. The third-order valence-corrected chi connectivity index (χ3v) is 8.40. The summed E-state index contributed by atoms with van der Waals surface area (Å²) in [4.78, 5) is 12.2. The summed E-state index contributed by atoms with van der Waals surface area (Å²) < 4.78 is 22.6. The number of nitrogens with one attached hydrogen (secondary N) is 2. The molecule has 9 nitrogen and oxygen atoms in total. The summed E-state index contributed by atoms with van der Waals surface area (Å²) in [6.45, 7) is 17.7. The van der Waals surface area contributed by atoms with E-state index in [0.717, 1.165) is 68.8 Å². The zero-order valence-electron chi connectivity index (χ0n) is 28.3. The van der Waals surface area contributed by atoms with Crippen molar-refractivity contribution in [2.45, 2.75) is 91.3 Å². The third-order valence-electron chi connectivity index (χ3n) is 7.93. The third kappa shape index (κ3) is 8.50. The summed E-state index contributed by atoms with van der Waals surface area (Å²) in [6.07, 6.45) is 1.11. The number of anilines is 2. The Bertz CT molecular complexity index is 1730. The average Bonchev–Trinajstić information content (AvgIpc) is 3.44. The normalized spacial score (nSPS) is 16.9. The first kappa shape index (κ1) is 34.8. The van der Waals surface area contributed by atoms with Crippen LogP contribution in [0.1, 0.15) is 89.1 Å². The van der Waals surface area contributed by atoms with Crippen LogP contribution >= 0.6 is 23.2 Å². The Morgan fingerprint density at radius 3 is 1.79 bits per heavy atom. The fourth-order valence-corrected chi connectivity index (χ4v) is 6.23. The van der Waals surface area contributed by atoms with Gasteiger partial charge in [0.05, 0.1) is 23.4 Å². The highest BCUT2D eigenvalue weighted by atomic mass is 35.5. The summed E-state index contributed by atoms with van der Waals surface area (Å²) in [7, 11) is 0. The SMILES string of the molecule is Cc1noc2c1-c1ccc(Cl)cc1NCC2CC(=O)OC(C)(C)C.Cc1noc2c1-c1ccc(Cl)cc1NCC2CCOC(C)(C)C. The van der Waals surface area contributed by atoms with Crippen LogP contribution in [0.5, 0.6) is 0 Å². The van der Waals surface area contributed by atoms with Crippen molar-refractivity contribution in [3.05, 3.63) is 69.4 Å². The Balaban J connectivity index is 0.000000185. The minimum atomic E-state index is -0.508. The number of rotatable bonds is 5.